The van der Waals surface area contributed by atoms with Gasteiger partial charge in [0.1, 0.15) is 24.8 Å². The van der Waals surface area contributed by atoms with E-state index in [1.54, 1.807) is 13.2 Å². The first-order valence-electron chi connectivity index (χ1n) is 5.57. The van der Waals surface area contributed by atoms with Crippen LogP contribution in [0.1, 0.15) is 0 Å². The third-order valence-electron chi connectivity index (χ3n) is 2.76. The Morgan fingerprint density at radius 2 is 2.17 bits per heavy atom. The van der Waals surface area contributed by atoms with Gasteiger partial charge in [0.05, 0.1) is 18.4 Å². The van der Waals surface area contributed by atoms with Gasteiger partial charge >= 0.3 is 0 Å². The quantitative estimate of drug-likeness (QED) is 0.839. The third kappa shape index (κ3) is 1.62. The maximum atomic E-state index is 5.67. The Balaban J connectivity index is 2.21. The van der Waals surface area contributed by atoms with Gasteiger partial charge in [-0.25, -0.2) is 0 Å². The van der Waals surface area contributed by atoms with E-state index in [-0.39, 0.29) is 0 Å². The molecular formula is C12H13N3O3. The first kappa shape index (κ1) is 10.8. The molecule has 0 spiro atoms. The lowest BCUT2D eigenvalue weighted by atomic mass is 10.1. The molecule has 0 atom stereocenters. The Labute approximate surface area is 104 Å². The molecule has 1 aromatic heterocycles. The van der Waals surface area contributed by atoms with Crippen molar-refractivity contribution in [2.75, 3.05) is 26.1 Å². The van der Waals surface area contributed by atoms with Gasteiger partial charge in [-0.1, -0.05) is 0 Å². The first-order chi connectivity index (χ1) is 8.79. The van der Waals surface area contributed by atoms with Crippen LogP contribution in [0.4, 0.5) is 5.82 Å². The minimum absolute atomic E-state index is 0.418. The molecule has 0 aliphatic carbocycles. The number of benzene rings is 1. The molecule has 1 aromatic carbocycles. The maximum absolute atomic E-state index is 5.67. The fourth-order valence-electron chi connectivity index (χ4n) is 1.99. The molecule has 2 aromatic rings. The van der Waals surface area contributed by atoms with Crippen molar-refractivity contribution in [3.8, 4) is 28.5 Å². The number of anilines is 1. The van der Waals surface area contributed by atoms with Crippen LogP contribution in [0.25, 0.3) is 11.3 Å². The van der Waals surface area contributed by atoms with Gasteiger partial charge in [-0.05, 0) is 12.1 Å². The van der Waals surface area contributed by atoms with E-state index in [2.05, 4.69) is 10.2 Å². The van der Waals surface area contributed by atoms with E-state index in [1.165, 1.54) is 0 Å². The third-order valence-corrected chi connectivity index (χ3v) is 2.76. The van der Waals surface area contributed by atoms with Crippen molar-refractivity contribution in [3.63, 3.8) is 0 Å². The summed E-state index contributed by atoms with van der Waals surface area (Å²) < 4.78 is 16.6. The number of nitrogen functional groups attached to an aromatic ring is 1. The van der Waals surface area contributed by atoms with E-state index in [1.807, 2.05) is 12.1 Å². The van der Waals surface area contributed by atoms with Crippen molar-refractivity contribution < 1.29 is 14.2 Å². The van der Waals surface area contributed by atoms with Crippen LogP contribution in [0.15, 0.2) is 18.2 Å². The Morgan fingerprint density at radius 3 is 2.89 bits per heavy atom. The summed E-state index contributed by atoms with van der Waals surface area (Å²) in [7, 11) is 1.61. The van der Waals surface area contributed by atoms with Crippen molar-refractivity contribution in [1.82, 2.24) is 10.2 Å². The van der Waals surface area contributed by atoms with Gasteiger partial charge < -0.3 is 19.9 Å². The van der Waals surface area contributed by atoms with Crippen LogP contribution in [0, 0.1) is 0 Å². The average Bonchev–Trinajstić information content (AvgIpc) is 2.83. The van der Waals surface area contributed by atoms with Gasteiger partial charge in [-0.3, -0.25) is 5.10 Å². The van der Waals surface area contributed by atoms with Crippen LogP contribution >= 0.6 is 0 Å². The van der Waals surface area contributed by atoms with Gasteiger partial charge in [0.2, 0.25) is 0 Å². The molecule has 2 heterocycles. The molecule has 6 heteroatoms. The van der Waals surface area contributed by atoms with Crippen LogP contribution < -0.4 is 19.9 Å². The monoisotopic (exact) mass is 247 g/mol. The predicted molar refractivity (Wildman–Crippen MR) is 66.0 cm³/mol. The zero-order chi connectivity index (χ0) is 12.5. The van der Waals surface area contributed by atoms with Crippen molar-refractivity contribution in [2.45, 2.75) is 0 Å². The molecule has 0 amide bonds. The normalized spacial score (nSPS) is 13.4. The fraction of sp³-hybridized carbons (Fsp3) is 0.250. The number of ether oxygens (including phenoxy) is 3. The van der Waals surface area contributed by atoms with Crippen molar-refractivity contribution in [3.05, 3.63) is 18.2 Å². The lowest BCUT2D eigenvalue weighted by Crippen LogP contribution is -2.16. The molecule has 0 unspecified atom stereocenters. The maximum Gasteiger partial charge on any atom is 0.174 e. The average molecular weight is 247 g/mol. The minimum Gasteiger partial charge on any atom is -0.496 e. The largest absolute Gasteiger partial charge is 0.496 e. The number of nitrogens with zero attached hydrogens (tertiary/aromatic N) is 1. The van der Waals surface area contributed by atoms with E-state index in [0.717, 1.165) is 11.3 Å². The molecule has 0 bridgehead atoms. The Kier molecular flexibility index (Phi) is 2.47. The number of nitrogens with one attached hydrogen (secondary N) is 1. The summed E-state index contributed by atoms with van der Waals surface area (Å²) in [4.78, 5) is 0. The molecular weight excluding hydrogens is 234 g/mol. The zero-order valence-electron chi connectivity index (χ0n) is 9.90. The predicted octanol–water partition coefficient (Wildman–Crippen LogP) is 1.44. The molecule has 6 nitrogen and oxygen atoms in total. The number of aromatic nitrogens is 2. The lowest BCUT2D eigenvalue weighted by Gasteiger charge is -2.22. The summed E-state index contributed by atoms with van der Waals surface area (Å²) in [5.74, 6) is 2.46. The lowest BCUT2D eigenvalue weighted by molar-refractivity contribution is 0.171. The standard InChI is InChI=1S/C12H13N3O3/c1-16-8-2-3-9-12(18-5-4-17-9)11(8)7-6-10(13)15-14-7/h2-3,6H,4-5H2,1H3,(H3,13,14,15). The number of methoxy groups -OCH3 is 1. The zero-order valence-corrected chi connectivity index (χ0v) is 9.90. The van der Waals surface area contributed by atoms with Crippen LogP contribution in [0.5, 0.6) is 17.2 Å². The van der Waals surface area contributed by atoms with Crippen molar-refractivity contribution in [1.29, 1.82) is 0 Å². The van der Waals surface area contributed by atoms with Gasteiger partial charge in [-0.15, -0.1) is 0 Å². The highest BCUT2D eigenvalue weighted by Gasteiger charge is 2.22. The molecule has 0 saturated heterocycles. The SMILES string of the molecule is COc1ccc2c(c1-c1cc(N)n[nH]1)OCCO2. The molecule has 94 valence electrons. The molecule has 18 heavy (non-hydrogen) atoms. The number of hydrogen-bond donors (Lipinski definition) is 2. The Hall–Kier alpha value is -2.37. The fourth-order valence-corrected chi connectivity index (χ4v) is 1.99. The highest BCUT2D eigenvalue weighted by atomic mass is 16.6. The number of hydrogen-bond acceptors (Lipinski definition) is 5. The van der Waals surface area contributed by atoms with E-state index >= 15 is 0 Å². The number of rotatable bonds is 2. The molecule has 3 rings (SSSR count). The summed E-state index contributed by atoms with van der Waals surface area (Å²) in [6.07, 6.45) is 0. The number of nitrogens with two attached hydrogens (primary N) is 1. The second-order valence-corrected chi connectivity index (χ2v) is 3.87. The topological polar surface area (TPSA) is 82.4 Å². The minimum atomic E-state index is 0.418. The summed E-state index contributed by atoms with van der Waals surface area (Å²) in [5, 5.41) is 6.77. The van der Waals surface area contributed by atoms with Gasteiger partial charge in [-0.2, -0.15) is 5.10 Å². The van der Waals surface area contributed by atoms with Crippen LogP contribution in [-0.4, -0.2) is 30.5 Å². The van der Waals surface area contributed by atoms with Crippen LogP contribution in [0.3, 0.4) is 0 Å². The molecule has 0 fully saturated rings. The second-order valence-electron chi connectivity index (χ2n) is 3.87. The first-order valence-corrected chi connectivity index (χ1v) is 5.57. The van der Waals surface area contributed by atoms with E-state index < -0.39 is 0 Å². The second kappa shape index (κ2) is 4.14. The van der Waals surface area contributed by atoms with Gasteiger partial charge in [0, 0.05) is 6.07 Å². The Bertz CT molecular complexity index is 580. The summed E-state index contributed by atoms with van der Waals surface area (Å²) >= 11 is 0. The summed E-state index contributed by atoms with van der Waals surface area (Å²) in [6, 6.07) is 5.40. The Morgan fingerprint density at radius 1 is 1.33 bits per heavy atom. The highest BCUT2D eigenvalue weighted by molar-refractivity contribution is 5.78. The van der Waals surface area contributed by atoms with E-state index in [4.69, 9.17) is 19.9 Å². The van der Waals surface area contributed by atoms with Crippen LogP contribution in [-0.2, 0) is 0 Å². The molecule has 3 N–H and O–H groups in total. The molecule has 0 saturated carbocycles. The van der Waals surface area contributed by atoms with E-state index in [9.17, 15) is 0 Å². The van der Waals surface area contributed by atoms with Crippen LogP contribution in [0.2, 0.25) is 0 Å². The van der Waals surface area contributed by atoms with Crippen molar-refractivity contribution >= 4 is 5.82 Å². The summed E-state index contributed by atoms with van der Waals surface area (Å²) in [6.45, 7) is 1.06. The van der Waals surface area contributed by atoms with Gasteiger partial charge in [0.15, 0.2) is 11.5 Å². The molecule has 0 radical (unpaired) electrons. The molecule has 1 aliphatic rings. The highest BCUT2D eigenvalue weighted by Crippen LogP contribution is 2.45. The smallest absolute Gasteiger partial charge is 0.174 e. The number of aromatic amines is 1. The van der Waals surface area contributed by atoms with Crippen molar-refractivity contribution in [2.24, 2.45) is 0 Å². The van der Waals surface area contributed by atoms with E-state index in [0.29, 0.717) is 36.3 Å². The number of fused-ring (bicyclic) bond motifs is 1. The van der Waals surface area contributed by atoms with Gasteiger partial charge in [0.25, 0.3) is 0 Å². The summed E-state index contributed by atoms with van der Waals surface area (Å²) in [5.41, 5.74) is 7.15. The number of H-pyrrole nitrogens is 1. The molecule has 1 aliphatic heterocycles.